The highest BCUT2D eigenvalue weighted by atomic mass is 16.6. The molecule has 68 heavy (non-hydrogen) atoms. The standard InChI is InChI=1S/C62H100O6/c1-4-7-10-13-16-19-22-25-27-29-31-33-34-37-40-43-46-49-52-55-61(64)67-58-59(57-66-60(63)54-51-48-45-42-39-36-24-21-18-15-12-9-6-3)68-62(65)56-53-50-47-44-41-38-35-32-30-28-26-23-20-17-14-11-8-5-2/h7,9-10,12,15-16,18-19,21,23-28,30,32,35-36,39,59H,4-6,8,11,13-14,17,20,22,29,31,33-34,37-38,40-58H2,1-3H3/b10-7+,12-9+,18-15+,19-16+,24-21+,26-23+,27-25+,30-28+,35-32+,39-36+. The molecule has 0 saturated carbocycles. The molecule has 384 valence electrons. The third kappa shape index (κ3) is 52.8. The van der Waals surface area contributed by atoms with Crippen molar-refractivity contribution in [1.82, 2.24) is 0 Å². The van der Waals surface area contributed by atoms with Gasteiger partial charge in [-0.1, -0.05) is 239 Å². The molecule has 1 unspecified atom stereocenters. The predicted octanol–water partition coefficient (Wildman–Crippen LogP) is 18.5. The van der Waals surface area contributed by atoms with Gasteiger partial charge in [0, 0.05) is 19.3 Å². The van der Waals surface area contributed by atoms with Gasteiger partial charge >= 0.3 is 17.9 Å². The van der Waals surface area contributed by atoms with Crippen LogP contribution in [0.15, 0.2) is 122 Å². The van der Waals surface area contributed by atoms with Gasteiger partial charge in [0.05, 0.1) is 0 Å². The summed E-state index contributed by atoms with van der Waals surface area (Å²) in [6.07, 6.45) is 76.1. The van der Waals surface area contributed by atoms with E-state index in [0.717, 1.165) is 122 Å². The van der Waals surface area contributed by atoms with Crippen LogP contribution in [0.1, 0.15) is 233 Å². The Balaban J connectivity index is 4.48. The predicted molar refractivity (Wildman–Crippen MR) is 293 cm³/mol. The summed E-state index contributed by atoms with van der Waals surface area (Å²) in [6.45, 7) is 6.31. The molecule has 6 nitrogen and oxygen atoms in total. The Hall–Kier alpha value is -4.19. The minimum absolute atomic E-state index is 0.105. The normalized spacial score (nSPS) is 13.0. The van der Waals surface area contributed by atoms with Crippen molar-refractivity contribution in [2.24, 2.45) is 0 Å². The quantitative estimate of drug-likeness (QED) is 0.0199. The summed E-state index contributed by atoms with van der Waals surface area (Å²) in [4.78, 5) is 38.1. The second-order valence-corrected chi connectivity index (χ2v) is 17.9. The third-order valence-electron chi connectivity index (χ3n) is 11.3. The summed E-state index contributed by atoms with van der Waals surface area (Å²) < 4.78 is 16.8. The lowest BCUT2D eigenvalue weighted by molar-refractivity contribution is -0.167. The van der Waals surface area contributed by atoms with Gasteiger partial charge in [0.1, 0.15) is 13.2 Å². The van der Waals surface area contributed by atoms with E-state index >= 15 is 0 Å². The fraction of sp³-hybridized carbons (Fsp3) is 0.629. The maximum absolute atomic E-state index is 12.8. The summed E-state index contributed by atoms with van der Waals surface area (Å²) in [5.74, 6) is -0.975. The van der Waals surface area contributed by atoms with Gasteiger partial charge in [-0.05, 0) is 96.3 Å². The summed E-state index contributed by atoms with van der Waals surface area (Å²) in [7, 11) is 0. The molecule has 0 aliphatic carbocycles. The number of carbonyl (C=O) groups is 3. The van der Waals surface area contributed by atoms with Gasteiger partial charge in [0.25, 0.3) is 0 Å². The van der Waals surface area contributed by atoms with E-state index in [-0.39, 0.29) is 31.1 Å². The van der Waals surface area contributed by atoms with Crippen LogP contribution in [0.3, 0.4) is 0 Å². The van der Waals surface area contributed by atoms with E-state index in [1.807, 2.05) is 36.5 Å². The Labute approximate surface area is 418 Å². The van der Waals surface area contributed by atoms with Gasteiger partial charge in [0.15, 0.2) is 6.10 Å². The molecule has 0 heterocycles. The molecule has 0 amide bonds. The number of rotatable bonds is 48. The Morgan fingerprint density at radius 2 is 0.647 bits per heavy atom. The van der Waals surface area contributed by atoms with Crippen molar-refractivity contribution in [1.29, 1.82) is 0 Å². The lowest BCUT2D eigenvalue weighted by atomic mass is 10.1. The molecular formula is C62H100O6. The van der Waals surface area contributed by atoms with Crippen molar-refractivity contribution < 1.29 is 28.6 Å². The number of allylic oxidation sites excluding steroid dienone is 20. The second-order valence-electron chi connectivity index (χ2n) is 17.9. The highest BCUT2D eigenvalue weighted by Gasteiger charge is 2.19. The first kappa shape index (κ1) is 63.8. The van der Waals surface area contributed by atoms with Gasteiger partial charge in [-0.15, -0.1) is 0 Å². The zero-order valence-electron chi connectivity index (χ0n) is 43.8. The summed E-state index contributed by atoms with van der Waals surface area (Å²) in [5.41, 5.74) is 0. The molecule has 0 N–H and O–H groups in total. The van der Waals surface area contributed by atoms with Crippen molar-refractivity contribution in [2.75, 3.05) is 13.2 Å². The van der Waals surface area contributed by atoms with Crippen molar-refractivity contribution in [3.63, 3.8) is 0 Å². The minimum Gasteiger partial charge on any atom is -0.462 e. The van der Waals surface area contributed by atoms with E-state index in [1.54, 1.807) is 0 Å². The summed E-state index contributed by atoms with van der Waals surface area (Å²) in [5, 5.41) is 0. The molecule has 0 aromatic carbocycles. The number of carbonyl (C=O) groups excluding carboxylic acids is 3. The van der Waals surface area contributed by atoms with E-state index in [1.165, 1.54) is 70.6 Å². The molecule has 0 bridgehead atoms. The van der Waals surface area contributed by atoms with Gasteiger partial charge in [0.2, 0.25) is 0 Å². The molecule has 6 heteroatoms. The zero-order valence-corrected chi connectivity index (χ0v) is 43.8. The Bertz CT molecular complexity index is 1450. The number of esters is 3. The molecule has 0 aliphatic rings. The maximum Gasteiger partial charge on any atom is 0.306 e. The van der Waals surface area contributed by atoms with E-state index < -0.39 is 6.10 Å². The molecule has 0 spiro atoms. The Kier molecular flexibility index (Phi) is 52.0. The minimum atomic E-state index is -0.811. The SMILES string of the molecule is CC/C=C/C=C/C=C/C=C/CCCCCC(=O)OCC(COC(=O)CCCCCCCCCCC/C=C/C/C=C/C/C=C/CC)OC(=O)CCCCCCC/C=C/C=C/C=C/CCCCCCC. The average molecular weight is 941 g/mol. The summed E-state index contributed by atoms with van der Waals surface area (Å²) in [6, 6.07) is 0. The molecule has 0 radical (unpaired) electrons. The highest BCUT2D eigenvalue weighted by molar-refractivity contribution is 5.71. The van der Waals surface area contributed by atoms with E-state index in [2.05, 4.69) is 106 Å². The van der Waals surface area contributed by atoms with Crippen LogP contribution in [-0.2, 0) is 28.6 Å². The smallest absolute Gasteiger partial charge is 0.306 e. The first-order valence-electron chi connectivity index (χ1n) is 27.6. The largest absolute Gasteiger partial charge is 0.462 e. The third-order valence-corrected chi connectivity index (χ3v) is 11.3. The number of hydrogen-bond acceptors (Lipinski definition) is 6. The molecule has 1 atom stereocenters. The van der Waals surface area contributed by atoms with Crippen LogP contribution in [-0.4, -0.2) is 37.2 Å². The van der Waals surface area contributed by atoms with Gasteiger partial charge in [-0.25, -0.2) is 0 Å². The lowest BCUT2D eigenvalue weighted by Gasteiger charge is -2.18. The van der Waals surface area contributed by atoms with Crippen molar-refractivity contribution in [2.45, 2.75) is 239 Å². The van der Waals surface area contributed by atoms with Crippen molar-refractivity contribution in [3.8, 4) is 0 Å². The Morgan fingerprint density at radius 3 is 1.09 bits per heavy atom. The van der Waals surface area contributed by atoms with Crippen LogP contribution in [0.4, 0.5) is 0 Å². The van der Waals surface area contributed by atoms with Crippen LogP contribution in [0.2, 0.25) is 0 Å². The monoisotopic (exact) mass is 941 g/mol. The van der Waals surface area contributed by atoms with Gasteiger partial charge in [-0.2, -0.15) is 0 Å². The van der Waals surface area contributed by atoms with Crippen LogP contribution in [0.5, 0.6) is 0 Å². The van der Waals surface area contributed by atoms with Crippen molar-refractivity contribution in [3.05, 3.63) is 122 Å². The lowest BCUT2D eigenvalue weighted by Crippen LogP contribution is -2.30. The maximum atomic E-state index is 12.8. The molecule has 0 aliphatic heterocycles. The highest BCUT2D eigenvalue weighted by Crippen LogP contribution is 2.14. The molecular weight excluding hydrogens is 841 g/mol. The number of hydrogen-bond donors (Lipinski definition) is 0. The van der Waals surface area contributed by atoms with Crippen LogP contribution in [0, 0.1) is 0 Å². The topological polar surface area (TPSA) is 78.9 Å². The fourth-order valence-electron chi connectivity index (χ4n) is 7.23. The van der Waals surface area contributed by atoms with Crippen LogP contribution < -0.4 is 0 Å². The van der Waals surface area contributed by atoms with E-state index in [9.17, 15) is 14.4 Å². The molecule has 0 aromatic heterocycles. The number of unbranched alkanes of at least 4 members (excludes halogenated alkanes) is 22. The first-order valence-corrected chi connectivity index (χ1v) is 27.6. The van der Waals surface area contributed by atoms with E-state index in [0.29, 0.717) is 19.3 Å². The van der Waals surface area contributed by atoms with Crippen LogP contribution in [0.25, 0.3) is 0 Å². The summed E-state index contributed by atoms with van der Waals surface area (Å²) >= 11 is 0. The Morgan fingerprint density at radius 1 is 0.324 bits per heavy atom. The van der Waals surface area contributed by atoms with Crippen molar-refractivity contribution >= 4 is 17.9 Å². The zero-order chi connectivity index (χ0) is 49.3. The van der Waals surface area contributed by atoms with E-state index in [4.69, 9.17) is 14.2 Å². The molecule has 0 saturated heterocycles. The average Bonchev–Trinajstić information content (AvgIpc) is 3.34. The molecule has 0 fully saturated rings. The molecule has 0 aromatic rings. The van der Waals surface area contributed by atoms with Gasteiger partial charge < -0.3 is 14.2 Å². The number of ether oxygens (including phenoxy) is 3. The second kappa shape index (κ2) is 55.4. The fourth-order valence-corrected chi connectivity index (χ4v) is 7.23. The molecule has 0 rings (SSSR count). The van der Waals surface area contributed by atoms with Gasteiger partial charge in [-0.3, -0.25) is 14.4 Å². The van der Waals surface area contributed by atoms with Crippen LogP contribution >= 0.6 is 0 Å². The first-order chi connectivity index (χ1) is 33.5.